The van der Waals surface area contributed by atoms with E-state index >= 15 is 0 Å². The Bertz CT molecular complexity index is 1700. The third kappa shape index (κ3) is 5.93. The van der Waals surface area contributed by atoms with Gasteiger partial charge in [0.15, 0.2) is 5.69 Å². The summed E-state index contributed by atoms with van der Waals surface area (Å²) in [6, 6.07) is 15.2. The normalized spacial score (nSPS) is 18.9. The molecule has 1 N–H and O–H groups in total. The molecule has 3 atom stereocenters. The molecule has 1 saturated carbocycles. The number of nitrogens with zero attached hydrogens (tertiary/aromatic N) is 4. The van der Waals surface area contributed by atoms with Crippen LogP contribution < -0.4 is 15.6 Å². The van der Waals surface area contributed by atoms with Gasteiger partial charge in [0.2, 0.25) is 11.6 Å². The summed E-state index contributed by atoms with van der Waals surface area (Å²) < 4.78 is 27.3. The molecule has 3 aliphatic rings. The van der Waals surface area contributed by atoms with Crippen molar-refractivity contribution in [1.29, 1.82) is 0 Å². The van der Waals surface area contributed by atoms with E-state index in [2.05, 4.69) is 10.3 Å². The molecule has 10 nitrogen and oxygen atoms in total. The predicted molar refractivity (Wildman–Crippen MR) is 155 cm³/mol. The number of oxazole rings is 1. The summed E-state index contributed by atoms with van der Waals surface area (Å²) in [4.78, 5) is 49.8. The van der Waals surface area contributed by atoms with E-state index < -0.39 is 11.8 Å². The number of hydrogen-bond acceptors (Lipinski definition) is 7. The van der Waals surface area contributed by atoms with Gasteiger partial charge >= 0.3 is 11.8 Å². The Hall–Kier alpha value is -4.80. The van der Waals surface area contributed by atoms with Gasteiger partial charge in [-0.1, -0.05) is 42.5 Å². The van der Waals surface area contributed by atoms with Crippen LogP contribution in [0.15, 0.2) is 70.0 Å². The SMILES string of the molecule is CN(C)C(=O)C(=O)NC1CC2CCC1c1nc(-c3ncc(Cc4ccc(F)cc4)o3)c(OCc3ccccc3)c(=O)n1C2. The molecule has 2 aromatic heterocycles. The van der Waals surface area contributed by atoms with E-state index in [1.165, 1.54) is 31.1 Å². The molecule has 2 bridgehead atoms. The summed E-state index contributed by atoms with van der Waals surface area (Å²) in [5.74, 6) is -0.632. The quantitative estimate of drug-likeness (QED) is 0.329. The average Bonchev–Trinajstić information content (AvgIpc) is 3.32. The third-order valence-electron chi connectivity index (χ3n) is 8.08. The number of aromatic nitrogens is 3. The fraction of sp³-hybridized carbons (Fsp3) is 0.344. The van der Waals surface area contributed by atoms with Gasteiger partial charge in [-0.05, 0) is 48.4 Å². The van der Waals surface area contributed by atoms with Gasteiger partial charge in [-0.2, -0.15) is 0 Å². The largest absolute Gasteiger partial charge is 0.481 e. The highest BCUT2D eigenvalue weighted by molar-refractivity contribution is 6.34. The monoisotopic (exact) mass is 585 g/mol. The lowest BCUT2D eigenvalue weighted by Gasteiger charge is -2.32. The number of hydrogen-bond donors (Lipinski definition) is 1. The predicted octanol–water partition coefficient (Wildman–Crippen LogP) is 3.68. The highest BCUT2D eigenvalue weighted by atomic mass is 19.1. The van der Waals surface area contributed by atoms with Gasteiger partial charge in [-0.25, -0.2) is 14.4 Å². The van der Waals surface area contributed by atoms with E-state index in [1.54, 1.807) is 22.9 Å². The number of halogens is 1. The molecule has 7 rings (SSSR count). The van der Waals surface area contributed by atoms with Crippen LogP contribution in [-0.4, -0.2) is 51.4 Å². The van der Waals surface area contributed by atoms with Crippen LogP contribution in [0, 0.1) is 11.7 Å². The minimum absolute atomic E-state index is 0.0347. The molecule has 222 valence electrons. The summed E-state index contributed by atoms with van der Waals surface area (Å²) in [5, 5.41) is 2.91. The lowest BCUT2D eigenvalue weighted by Crippen LogP contribution is -2.48. The molecule has 4 heterocycles. The number of rotatable bonds is 7. The Labute approximate surface area is 247 Å². The molecule has 0 radical (unpaired) electrons. The molecule has 2 aliphatic heterocycles. The summed E-state index contributed by atoms with van der Waals surface area (Å²) in [6.07, 6.45) is 4.11. The van der Waals surface area contributed by atoms with Crippen molar-refractivity contribution in [1.82, 2.24) is 24.8 Å². The number of amides is 2. The van der Waals surface area contributed by atoms with Gasteiger partial charge in [-0.3, -0.25) is 19.0 Å². The highest BCUT2D eigenvalue weighted by Crippen LogP contribution is 2.41. The molecule has 4 aromatic rings. The maximum absolute atomic E-state index is 14.1. The number of benzene rings is 2. The number of carbonyl (C=O) groups is 2. The van der Waals surface area contributed by atoms with Gasteiger partial charge in [0.25, 0.3) is 5.56 Å². The van der Waals surface area contributed by atoms with Crippen LogP contribution >= 0.6 is 0 Å². The van der Waals surface area contributed by atoms with Gasteiger partial charge in [-0.15, -0.1) is 0 Å². The van der Waals surface area contributed by atoms with E-state index in [-0.39, 0.29) is 53.2 Å². The van der Waals surface area contributed by atoms with E-state index in [1.807, 2.05) is 30.3 Å². The highest BCUT2D eigenvalue weighted by Gasteiger charge is 2.41. The molecular formula is C32H32FN5O5. The summed E-state index contributed by atoms with van der Waals surface area (Å²) in [6.45, 7) is 0.570. The van der Waals surface area contributed by atoms with Crippen molar-refractivity contribution >= 4 is 11.8 Å². The second-order valence-electron chi connectivity index (χ2n) is 11.3. The zero-order valence-electron chi connectivity index (χ0n) is 24.0. The smallest absolute Gasteiger partial charge is 0.311 e. The van der Waals surface area contributed by atoms with Crippen molar-refractivity contribution in [3.8, 4) is 17.3 Å². The number of likely N-dealkylation sites (N-methyl/N-ethyl adjacent to an activating group) is 1. The van der Waals surface area contributed by atoms with Crippen LogP contribution in [0.2, 0.25) is 0 Å². The van der Waals surface area contributed by atoms with Crippen LogP contribution in [0.3, 0.4) is 0 Å². The van der Waals surface area contributed by atoms with Crippen molar-refractivity contribution in [2.75, 3.05) is 14.1 Å². The molecule has 2 aromatic carbocycles. The lowest BCUT2D eigenvalue weighted by molar-refractivity contribution is -0.144. The number of carbonyl (C=O) groups excluding carboxylic acids is 2. The van der Waals surface area contributed by atoms with Crippen molar-refractivity contribution in [2.24, 2.45) is 5.92 Å². The summed E-state index contributed by atoms with van der Waals surface area (Å²) in [5.41, 5.74) is 1.55. The summed E-state index contributed by atoms with van der Waals surface area (Å²) in [7, 11) is 3.06. The molecule has 2 amide bonds. The lowest BCUT2D eigenvalue weighted by atomic mass is 9.79. The summed E-state index contributed by atoms with van der Waals surface area (Å²) >= 11 is 0. The molecule has 3 unspecified atom stereocenters. The minimum Gasteiger partial charge on any atom is -0.481 e. The van der Waals surface area contributed by atoms with E-state index in [0.29, 0.717) is 37.4 Å². The van der Waals surface area contributed by atoms with E-state index in [0.717, 1.165) is 17.5 Å². The van der Waals surface area contributed by atoms with Gasteiger partial charge in [0.1, 0.15) is 24.0 Å². The van der Waals surface area contributed by atoms with E-state index in [4.69, 9.17) is 14.1 Å². The standard InChI is InChI=1S/C32H32FN5O5/c1-37(2)32(41)29(39)35-25-15-21-10-13-24(25)28-36-26(30-34-16-23(43-30)14-19-8-11-22(33)12-9-19)27(31(40)38(28)17-21)42-18-20-6-4-3-5-7-20/h3-9,11-12,16,21,24-25H,10,13-15,17-18H2,1-2H3,(H,35,39). The molecular weight excluding hydrogens is 553 g/mol. The molecule has 1 fully saturated rings. The third-order valence-corrected chi connectivity index (χ3v) is 8.08. The first-order chi connectivity index (χ1) is 20.8. The zero-order chi connectivity index (χ0) is 30.1. The average molecular weight is 586 g/mol. The van der Waals surface area contributed by atoms with Gasteiger partial charge in [0.05, 0.1) is 6.20 Å². The van der Waals surface area contributed by atoms with Crippen LogP contribution in [0.1, 0.15) is 47.9 Å². The minimum atomic E-state index is -0.683. The van der Waals surface area contributed by atoms with Crippen molar-refractivity contribution in [3.05, 3.63) is 99.7 Å². The van der Waals surface area contributed by atoms with Crippen LogP contribution in [0.25, 0.3) is 11.6 Å². The first-order valence-electron chi connectivity index (χ1n) is 14.3. The number of nitrogens with one attached hydrogen (secondary N) is 1. The fourth-order valence-electron chi connectivity index (χ4n) is 5.90. The van der Waals surface area contributed by atoms with Crippen LogP contribution in [0.5, 0.6) is 5.75 Å². The topological polar surface area (TPSA) is 120 Å². The fourth-order valence-corrected chi connectivity index (χ4v) is 5.90. The van der Waals surface area contributed by atoms with Crippen molar-refractivity contribution in [2.45, 2.75) is 50.8 Å². The number of fused-ring (bicyclic) bond motifs is 2. The molecule has 0 spiro atoms. The van der Waals surface area contributed by atoms with Crippen molar-refractivity contribution < 1.29 is 23.1 Å². The Kier molecular flexibility index (Phi) is 7.79. The first-order valence-corrected chi connectivity index (χ1v) is 14.3. The maximum Gasteiger partial charge on any atom is 0.311 e. The second kappa shape index (κ2) is 11.8. The van der Waals surface area contributed by atoms with Crippen LogP contribution in [-0.2, 0) is 29.2 Å². The zero-order valence-corrected chi connectivity index (χ0v) is 24.0. The van der Waals surface area contributed by atoms with Crippen molar-refractivity contribution in [3.63, 3.8) is 0 Å². The molecule has 1 aliphatic carbocycles. The Morgan fingerprint density at radius 3 is 2.60 bits per heavy atom. The van der Waals surface area contributed by atoms with Gasteiger partial charge in [0, 0.05) is 39.0 Å². The van der Waals surface area contributed by atoms with E-state index in [9.17, 15) is 18.8 Å². The molecule has 11 heteroatoms. The first kappa shape index (κ1) is 28.3. The Morgan fingerprint density at radius 2 is 1.86 bits per heavy atom. The van der Waals surface area contributed by atoms with Gasteiger partial charge < -0.3 is 19.4 Å². The Morgan fingerprint density at radius 1 is 1.09 bits per heavy atom. The maximum atomic E-state index is 14.1. The number of ether oxygens (including phenoxy) is 1. The second-order valence-corrected chi connectivity index (χ2v) is 11.3. The molecule has 43 heavy (non-hydrogen) atoms. The van der Waals surface area contributed by atoms with Crippen LogP contribution in [0.4, 0.5) is 4.39 Å². The Balaban J connectivity index is 1.39. The molecule has 0 saturated heterocycles.